The number of hydrogen-bond donors (Lipinski definition) is 1. The van der Waals surface area contributed by atoms with Gasteiger partial charge in [-0.2, -0.15) is 5.26 Å². The van der Waals surface area contributed by atoms with Crippen molar-refractivity contribution in [2.75, 3.05) is 11.6 Å². The summed E-state index contributed by atoms with van der Waals surface area (Å²) in [5.74, 6) is 0. The third kappa shape index (κ3) is 2.60. The smallest absolute Gasteiger partial charge is 0.124 e. The number of nitrogens with one attached hydrogen (secondary N) is 1. The van der Waals surface area contributed by atoms with Gasteiger partial charge >= 0.3 is 0 Å². The first-order chi connectivity index (χ1) is 8.35. The molecule has 2 aromatic rings. The lowest BCUT2D eigenvalue weighted by Gasteiger charge is -2.08. The summed E-state index contributed by atoms with van der Waals surface area (Å²) in [7, 11) is 0. The Labute approximate surface area is 104 Å². The summed E-state index contributed by atoms with van der Waals surface area (Å²) in [6.45, 7) is 0.545. The minimum atomic E-state index is 0.545. The van der Waals surface area contributed by atoms with Crippen molar-refractivity contribution in [1.29, 1.82) is 5.26 Å². The van der Waals surface area contributed by atoms with Crippen LogP contribution >= 0.6 is 11.8 Å². The van der Waals surface area contributed by atoms with Crippen molar-refractivity contribution in [3.63, 3.8) is 0 Å². The van der Waals surface area contributed by atoms with Gasteiger partial charge in [0.2, 0.25) is 0 Å². The molecule has 0 saturated carbocycles. The summed E-state index contributed by atoms with van der Waals surface area (Å²) in [5, 5.41) is 16.1. The van der Waals surface area contributed by atoms with E-state index < -0.39 is 0 Å². The van der Waals surface area contributed by atoms with Crippen molar-refractivity contribution in [3.05, 3.63) is 41.8 Å². The van der Waals surface area contributed by atoms with Gasteiger partial charge in [0.15, 0.2) is 0 Å². The molecule has 17 heavy (non-hydrogen) atoms. The maximum atomic E-state index is 9.15. The number of rotatable bonds is 4. The maximum absolute atomic E-state index is 9.15. The average Bonchev–Trinajstić information content (AvgIpc) is 2.88. The van der Waals surface area contributed by atoms with Crippen LogP contribution < -0.4 is 5.32 Å². The monoisotopic (exact) mass is 245 g/mol. The Balaban J connectivity index is 2.18. The van der Waals surface area contributed by atoms with Gasteiger partial charge in [-0.1, -0.05) is 11.2 Å². The number of aromatic nitrogens is 1. The third-order valence-corrected chi connectivity index (χ3v) is 3.09. The molecule has 0 aliphatic carbocycles. The van der Waals surface area contributed by atoms with Crippen LogP contribution in [0.1, 0.15) is 11.3 Å². The number of anilines is 1. The first kappa shape index (κ1) is 11.6. The van der Waals surface area contributed by atoms with Crippen molar-refractivity contribution in [2.45, 2.75) is 11.4 Å². The summed E-state index contributed by atoms with van der Waals surface area (Å²) >= 11 is 1.56. The molecule has 0 amide bonds. The van der Waals surface area contributed by atoms with Gasteiger partial charge in [0.1, 0.15) is 18.0 Å². The normalized spacial score (nSPS) is 9.88. The Morgan fingerprint density at radius 2 is 2.35 bits per heavy atom. The van der Waals surface area contributed by atoms with Crippen molar-refractivity contribution >= 4 is 17.4 Å². The molecule has 0 fully saturated rings. The number of thioether (sulfide) groups is 1. The first-order valence-corrected chi connectivity index (χ1v) is 6.28. The highest BCUT2D eigenvalue weighted by molar-refractivity contribution is 7.98. The van der Waals surface area contributed by atoms with E-state index in [2.05, 4.69) is 16.5 Å². The molecule has 5 heteroatoms. The SMILES string of the molecule is CSc1cccc(NCc2ccon2)c1C#N. The summed E-state index contributed by atoms with van der Waals surface area (Å²) < 4.78 is 4.75. The van der Waals surface area contributed by atoms with Crippen LogP contribution in [-0.2, 0) is 6.54 Å². The van der Waals surface area contributed by atoms with Gasteiger partial charge in [0.25, 0.3) is 0 Å². The Morgan fingerprint density at radius 3 is 3.00 bits per heavy atom. The Kier molecular flexibility index (Phi) is 3.68. The van der Waals surface area contributed by atoms with Gasteiger partial charge in [0, 0.05) is 11.0 Å². The van der Waals surface area contributed by atoms with Gasteiger partial charge in [-0.15, -0.1) is 11.8 Å². The number of benzene rings is 1. The Morgan fingerprint density at radius 1 is 1.47 bits per heavy atom. The summed E-state index contributed by atoms with van der Waals surface area (Å²) in [5.41, 5.74) is 2.30. The molecule has 1 heterocycles. The topological polar surface area (TPSA) is 61.9 Å². The molecule has 86 valence electrons. The van der Waals surface area contributed by atoms with Crippen molar-refractivity contribution < 1.29 is 4.52 Å². The van der Waals surface area contributed by atoms with Crippen molar-refractivity contribution in [2.24, 2.45) is 0 Å². The second-order valence-electron chi connectivity index (χ2n) is 3.34. The fourth-order valence-corrected chi connectivity index (χ4v) is 2.05. The van der Waals surface area contributed by atoms with Crippen LogP contribution in [0.3, 0.4) is 0 Å². The maximum Gasteiger partial charge on any atom is 0.124 e. The van der Waals surface area contributed by atoms with Crippen molar-refractivity contribution in [1.82, 2.24) is 5.16 Å². The number of hydrogen-bond acceptors (Lipinski definition) is 5. The fourth-order valence-electron chi connectivity index (χ4n) is 1.48. The highest BCUT2D eigenvalue weighted by Gasteiger charge is 2.07. The Hall–Kier alpha value is -1.93. The summed E-state index contributed by atoms with van der Waals surface area (Å²) in [6.07, 6.45) is 3.48. The molecule has 0 aliphatic rings. The van der Waals surface area contributed by atoms with Gasteiger partial charge in [0.05, 0.1) is 17.8 Å². The number of nitriles is 1. The van der Waals surface area contributed by atoms with Crippen LogP contribution in [0.2, 0.25) is 0 Å². The molecule has 0 unspecified atom stereocenters. The first-order valence-electron chi connectivity index (χ1n) is 5.05. The van der Waals surface area contributed by atoms with E-state index in [0.29, 0.717) is 12.1 Å². The molecular formula is C12H11N3OS. The molecule has 4 nitrogen and oxygen atoms in total. The average molecular weight is 245 g/mol. The molecule has 0 saturated heterocycles. The van der Waals surface area contributed by atoms with Crippen LogP contribution in [0, 0.1) is 11.3 Å². The molecule has 1 aromatic heterocycles. The lowest BCUT2D eigenvalue weighted by Crippen LogP contribution is -2.02. The lowest BCUT2D eigenvalue weighted by molar-refractivity contribution is 0.412. The largest absolute Gasteiger partial charge is 0.378 e. The predicted octanol–water partition coefficient (Wildman–Crippen LogP) is 2.88. The molecule has 0 atom stereocenters. The van der Waals surface area contributed by atoms with Crippen LogP contribution in [0.15, 0.2) is 39.9 Å². The predicted molar refractivity (Wildman–Crippen MR) is 66.8 cm³/mol. The van der Waals surface area contributed by atoms with E-state index >= 15 is 0 Å². The van der Waals surface area contributed by atoms with Gasteiger partial charge < -0.3 is 9.84 Å². The van der Waals surface area contributed by atoms with E-state index in [4.69, 9.17) is 9.78 Å². The van der Waals surface area contributed by atoms with E-state index in [0.717, 1.165) is 16.3 Å². The highest BCUT2D eigenvalue weighted by atomic mass is 32.2. The molecule has 1 N–H and O–H groups in total. The third-order valence-electron chi connectivity index (χ3n) is 2.31. The van der Waals surface area contributed by atoms with E-state index in [1.807, 2.05) is 24.5 Å². The minimum Gasteiger partial charge on any atom is -0.378 e. The summed E-state index contributed by atoms with van der Waals surface area (Å²) in [4.78, 5) is 0.970. The van der Waals surface area contributed by atoms with Crippen LogP contribution in [-0.4, -0.2) is 11.4 Å². The number of nitrogens with zero attached hydrogens (tertiary/aromatic N) is 2. The van der Waals surface area contributed by atoms with Crippen LogP contribution in [0.4, 0.5) is 5.69 Å². The lowest BCUT2D eigenvalue weighted by atomic mass is 10.2. The highest BCUT2D eigenvalue weighted by Crippen LogP contribution is 2.26. The van der Waals surface area contributed by atoms with E-state index in [-0.39, 0.29) is 0 Å². The van der Waals surface area contributed by atoms with Crippen LogP contribution in [0.25, 0.3) is 0 Å². The molecular weight excluding hydrogens is 234 g/mol. The molecule has 0 spiro atoms. The van der Waals surface area contributed by atoms with E-state index in [1.165, 1.54) is 6.26 Å². The Bertz CT molecular complexity index is 531. The zero-order valence-corrected chi connectivity index (χ0v) is 10.1. The zero-order chi connectivity index (χ0) is 12.1. The van der Waals surface area contributed by atoms with Gasteiger partial charge in [-0.25, -0.2) is 0 Å². The molecule has 0 radical (unpaired) electrons. The standard InChI is InChI=1S/C12H11N3OS/c1-17-12-4-2-3-11(10(12)7-13)14-8-9-5-6-16-15-9/h2-6,14H,8H2,1H3. The van der Waals surface area contributed by atoms with E-state index in [9.17, 15) is 0 Å². The molecule has 0 bridgehead atoms. The molecule has 2 rings (SSSR count). The minimum absolute atomic E-state index is 0.545. The summed E-state index contributed by atoms with van der Waals surface area (Å²) in [6, 6.07) is 9.76. The molecule has 0 aliphatic heterocycles. The fraction of sp³-hybridized carbons (Fsp3) is 0.167. The zero-order valence-electron chi connectivity index (χ0n) is 9.30. The van der Waals surface area contributed by atoms with Crippen LogP contribution in [0.5, 0.6) is 0 Å². The van der Waals surface area contributed by atoms with Gasteiger partial charge in [-0.05, 0) is 18.4 Å². The second-order valence-corrected chi connectivity index (χ2v) is 4.19. The quantitative estimate of drug-likeness (QED) is 0.839. The van der Waals surface area contributed by atoms with Gasteiger partial charge in [-0.3, -0.25) is 0 Å². The molecule has 1 aromatic carbocycles. The van der Waals surface area contributed by atoms with E-state index in [1.54, 1.807) is 17.8 Å². The second kappa shape index (κ2) is 5.41. The van der Waals surface area contributed by atoms with Crippen molar-refractivity contribution in [3.8, 4) is 6.07 Å².